The summed E-state index contributed by atoms with van der Waals surface area (Å²) >= 11 is 5.45. The summed E-state index contributed by atoms with van der Waals surface area (Å²) in [7, 11) is 0. The van der Waals surface area contributed by atoms with Crippen molar-refractivity contribution >= 4 is 33.6 Å². The Morgan fingerprint density at radius 1 is 1.47 bits per heavy atom. The first kappa shape index (κ1) is 14.9. The number of aryl methyl sites for hydroxylation is 1. The van der Waals surface area contributed by atoms with Crippen LogP contribution in [0.2, 0.25) is 0 Å². The number of amides is 1. The molecule has 1 aromatic rings. The van der Waals surface area contributed by atoms with E-state index in [9.17, 15) is 4.79 Å². The van der Waals surface area contributed by atoms with E-state index in [-0.39, 0.29) is 5.91 Å². The van der Waals surface area contributed by atoms with E-state index in [0.717, 1.165) is 27.8 Å². The van der Waals surface area contributed by atoms with Crippen LogP contribution in [0.5, 0.6) is 0 Å². The van der Waals surface area contributed by atoms with Gasteiger partial charge >= 0.3 is 0 Å². The number of hydrogen-bond acceptors (Lipinski definition) is 2. The Bertz CT molecular complexity index is 463. The molecular formula is C15H20BrNOS. The summed E-state index contributed by atoms with van der Waals surface area (Å²) < 4.78 is 0.992. The smallest absolute Gasteiger partial charge is 0.251 e. The molecule has 104 valence electrons. The average molecular weight is 342 g/mol. The second-order valence-corrected chi connectivity index (χ2v) is 7.34. The van der Waals surface area contributed by atoms with Gasteiger partial charge in [-0.3, -0.25) is 4.79 Å². The maximum atomic E-state index is 12.3. The van der Waals surface area contributed by atoms with E-state index in [0.29, 0.717) is 11.3 Å². The molecule has 0 bridgehead atoms. The predicted molar refractivity (Wildman–Crippen MR) is 85.9 cm³/mol. The third kappa shape index (κ3) is 3.76. The van der Waals surface area contributed by atoms with E-state index >= 15 is 0 Å². The Hall–Kier alpha value is -0.480. The fraction of sp³-hybridized carbons (Fsp3) is 0.533. The summed E-state index contributed by atoms with van der Waals surface area (Å²) in [5.74, 6) is 1.17. The maximum absolute atomic E-state index is 12.3. The number of rotatable bonds is 4. The first-order valence-corrected chi connectivity index (χ1v) is 8.64. The van der Waals surface area contributed by atoms with Crippen LogP contribution in [0, 0.1) is 6.92 Å². The number of hydrogen-bond donors (Lipinski definition) is 1. The number of carbonyl (C=O) groups is 1. The van der Waals surface area contributed by atoms with Gasteiger partial charge in [0, 0.05) is 21.3 Å². The highest BCUT2D eigenvalue weighted by Gasteiger charge is 2.28. The molecule has 0 saturated heterocycles. The third-order valence-corrected chi connectivity index (χ3v) is 5.76. The van der Waals surface area contributed by atoms with Crippen LogP contribution < -0.4 is 5.32 Å². The summed E-state index contributed by atoms with van der Waals surface area (Å²) in [5.41, 5.74) is 1.89. The van der Waals surface area contributed by atoms with Gasteiger partial charge in [-0.2, -0.15) is 11.8 Å². The fourth-order valence-electron chi connectivity index (χ4n) is 2.49. The largest absolute Gasteiger partial charge is 0.348 e. The highest BCUT2D eigenvalue weighted by molar-refractivity contribution is 9.10. The molecule has 1 saturated carbocycles. The lowest BCUT2D eigenvalue weighted by molar-refractivity contribution is 0.0938. The van der Waals surface area contributed by atoms with Crippen LogP contribution >= 0.6 is 27.7 Å². The number of halogens is 1. The Morgan fingerprint density at radius 3 is 2.95 bits per heavy atom. The summed E-state index contributed by atoms with van der Waals surface area (Å²) in [6, 6.07) is 6.11. The highest BCUT2D eigenvalue weighted by atomic mass is 79.9. The van der Waals surface area contributed by atoms with Crippen molar-refractivity contribution in [1.82, 2.24) is 5.32 Å². The first-order chi connectivity index (χ1) is 9.11. The topological polar surface area (TPSA) is 29.1 Å². The monoisotopic (exact) mass is 341 g/mol. The molecule has 2 unspecified atom stereocenters. The molecule has 19 heavy (non-hydrogen) atoms. The number of carbonyl (C=O) groups excluding carboxylic acids is 1. The van der Waals surface area contributed by atoms with Crippen LogP contribution in [0.4, 0.5) is 0 Å². The van der Waals surface area contributed by atoms with Crippen LogP contribution in [0.25, 0.3) is 0 Å². The van der Waals surface area contributed by atoms with Gasteiger partial charge < -0.3 is 5.32 Å². The summed E-state index contributed by atoms with van der Waals surface area (Å²) in [6.45, 7) is 4.20. The molecule has 0 aromatic heterocycles. The summed E-state index contributed by atoms with van der Waals surface area (Å²) in [4.78, 5) is 12.3. The molecule has 1 aliphatic carbocycles. The molecule has 0 aliphatic heterocycles. The first-order valence-electron chi connectivity index (χ1n) is 6.80. The Kier molecular flexibility index (Phi) is 5.34. The van der Waals surface area contributed by atoms with Gasteiger partial charge in [-0.05, 0) is 43.2 Å². The molecule has 1 amide bonds. The molecule has 2 nitrogen and oxygen atoms in total. The van der Waals surface area contributed by atoms with E-state index in [2.05, 4.69) is 28.2 Å². The van der Waals surface area contributed by atoms with Gasteiger partial charge in [0.25, 0.3) is 5.91 Å². The maximum Gasteiger partial charge on any atom is 0.251 e. The van der Waals surface area contributed by atoms with E-state index < -0.39 is 0 Å². The van der Waals surface area contributed by atoms with Crippen molar-refractivity contribution in [3.8, 4) is 0 Å². The van der Waals surface area contributed by atoms with Gasteiger partial charge in [0.2, 0.25) is 0 Å². The molecule has 0 heterocycles. The molecule has 0 radical (unpaired) electrons. The lowest BCUT2D eigenvalue weighted by Gasteiger charge is -2.20. The zero-order chi connectivity index (χ0) is 13.8. The van der Waals surface area contributed by atoms with E-state index in [1.54, 1.807) is 0 Å². The van der Waals surface area contributed by atoms with Gasteiger partial charge in [0.15, 0.2) is 0 Å². The Balaban J connectivity index is 2.02. The van der Waals surface area contributed by atoms with Crippen LogP contribution in [-0.2, 0) is 0 Å². The standard InChI is InChI=1S/C15H20BrNOS/c1-3-19-14-6-4-5-13(14)17-15(18)11-8-7-10(2)12(16)9-11/h7-9,13-14H,3-6H2,1-2H3,(H,17,18). The SMILES string of the molecule is CCSC1CCCC1NC(=O)c1ccc(C)c(Br)c1. The summed E-state index contributed by atoms with van der Waals surface area (Å²) in [5, 5.41) is 3.78. The second kappa shape index (κ2) is 6.80. The molecule has 1 fully saturated rings. The van der Waals surface area contributed by atoms with Crippen molar-refractivity contribution < 1.29 is 4.79 Å². The minimum atomic E-state index is 0.0503. The molecule has 1 N–H and O–H groups in total. The molecule has 2 atom stereocenters. The van der Waals surface area contributed by atoms with Crippen molar-refractivity contribution in [3.63, 3.8) is 0 Å². The normalized spacial score (nSPS) is 22.5. The number of thioether (sulfide) groups is 1. The van der Waals surface area contributed by atoms with Gasteiger partial charge in [-0.15, -0.1) is 0 Å². The Morgan fingerprint density at radius 2 is 2.26 bits per heavy atom. The lowest BCUT2D eigenvalue weighted by atomic mass is 10.1. The van der Waals surface area contributed by atoms with Crippen molar-refractivity contribution in [2.24, 2.45) is 0 Å². The molecule has 2 rings (SSSR count). The minimum Gasteiger partial charge on any atom is -0.348 e. The zero-order valence-electron chi connectivity index (χ0n) is 11.4. The molecule has 4 heteroatoms. The number of nitrogens with one attached hydrogen (secondary N) is 1. The van der Waals surface area contributed by atoms with Gasteiger partial charge in [-0.1, -0.05) is 35.3 Å². The quantitative estimate of drug-likeness (QED) is 0.890. The zero-order valence-corrected chi connectivity index (χ0v) is 13.8. The van der Waals surface area contributed by atoms with Crippen molar-refractivity contribution in [3.05, 3.63) is 33.8 Å². The van der Waals surface area contributed by atoms with Gasteiger partial charge in [0.05, 0.1) is 0 Å². The van der Waals surface area contributed by atoms with Crippen molar-refractivity contribution in [1.29, 1.82) is 0 Å². The van der Waals surface area contributed by atoms with Crippen LogP contribution in [0.15, 0.2) is 22.7 Å². The molecule has 1 aromatic carbocycles. The van der Waals surface area contributed by atoms with Crippen LogP contribution in [0.1, 0.15) is 42.1 Å². The molecule has 1 aliphatic rings. The number of benzene rings is 1. The van der Waals surface area contributed by atoms with E-state index in [1.165, 1.54) is 12.8 Å². The predicted octanol–water partition coefficient (Wildman–Crippen LogP) is 4.16. The van der Waals surface area contributed by atoms with E-state index in [4.69, 9.17) is 0 Å². The van der Waals surface area contributed by atoms with Crippen LogP contribution in [-0.4, -0.2) is 23.0 Å². The van der Waals surface area contributed by atoms with Gasteiger partial charge in [-0.25, -0.2) is 0 Å². The molecular weight excluding hydrogens is 322 g/mol. The van der Waals surface area contributed by atoms with Crippen molar-refractivity contribution in [2.75, 3.05) is 5.75 Å². The third-order valence-electron chi connectivity index (χ3n) is 3.58. The van der Waals surface area contributed by atoms with Crippen molar-refractivity contribution in [2.45, 2.75) is 44.4 Å². The molecule has 0 spiro atoms. The fourth-order valence-corrected chi connectivity index (χ4v) is 4.07. The minimum absolute atomic E-state index is 0.0503. The average Bonchev–Trinajstić information content (AvgIpc) is 2.80. The highest BCUT2D eigenvalue weighted by Crippen LogP contribution is 2.30. The Labute approximate surface area is 127 Å². The lowest BCUT2D eigenvalue weighted by Crippen LogP contribution is -2.38. The summed E-state index contributed by atoms with van der Waals surface area (Å²) in [6.07, 6.45) is 3.55. The van der Waals surface area contributed by atoms with E-state index in [1.807, 2.05) is 36.9 Å². The van der Waals surface area contributed by atoms with Gasteiger partial charge in [0.1, 0.15) is 0 Å². The second-order valence-electron chi connectivity index (χ2n) is 4.97. The van der Waals surface area contributed by atoms with Crippen LogP contribution in [0.3, 0.4) is 0 Å².